The van der Waals surface area contributed by atoms with E-state index in [9.17, 15) is 4.79 Å². The minimum Gasteiger partial charge on any atom is -0.394 e. The van der Waals surface area contributed by atoms with Gasteiger partial charge in [-0.25, -0.2) is 0 Å². The molecular formula is C7H12O4. The fourth-order valence-electron chi connectivity index (χ4n) is 1.12. The minimum absolute atomic E-state index is 0.188. The Balaban J connectivity index is 2.62. The highest BCUT2D eigenvalue weighted by molar-refractivity contribution is 5.57. The fourth-order valence-corrected chi connectivity index (χ4v) is 1.12. The molecule has 0 radical (unpaired) electrons. The van der Waals surface area contributed by atoms with E-state index in [1.807, 2.05) is 0 Å². The van der Waals surface area contributed by atoms with Crippen LogP contribution in [-0.4, -0.2) is 36.0 Å². The van der Waals surface area contributed by atoms with Crippen LogP contribution in [0.5, 0.6) is 0 Å². The molecule has 1 aliphatic heterocycles. The van der Waals surface area contributed by atoms with Crippen LogP contribution in [0.25, 0.3) is 0 Å². The molecule has 1 aliphatic rings. The average molecular weight is 160 g/mol. The van der Waals surface area contributed by atoms with Gasteiger partial charge in [0.25, 0.3) is 0 Å². The van der Waals surface area contributed by atoms with Crippen LogP contribution in [0, 0.1) is 0 Å². The average Bonchev–Trinajstić information content (AvgIpc) is 2.25. The first-order valence-electron chi connectivity index (χ1n) is 3.51. The number of hydrogen-bond donors (Lipinski definition) is 1. The molecule has 1 fully saturated rings. The predicted molar refractivity (Wildman–Crippen MR) is 37.0 cm³/mol. The highest BCUT2D eigenvalue weighted by Gasteiger charge is 2.40. The molecule has 0 aromatic carbocycles. The molecule has 0 aromatic heterocycles. The van der Waals surface area contributed by atoms with Crippen LogP contribution in [0.4, 0.5) is 0 Å². The Kier molecular flexibility index (Phi) is 2.27. The molecule has 11 heavy (non-hydrogen) atoms. The van der Waals surface area contributed by atoms with E-state index in [-0.39, 0.29) is 6.61 Å². The summed E-state index contributed by atoms with van der Waals surface area (Å²) in [6.07, 6.45) is -0.493. The van der Waals surface area contributed by atoms with Gasteiger partial charge in [-0.3, -0.25) is 0 Å². The summed E-state index contributed by atoms with van der Waals surface area (Å²) in [6.45, 7) is 3.23. The third kappa shape index (κ3) is 1.77. The molecule has 0 spiro atoms. The molecule has 4 heteroatoms. The zero-order chi connectivity index (χ0) is 8.48. The van der Waals surface area contributed by atoms with Crippen molar-refractivity contribution in [2.45, 2.75) is 31.8 Å². The van der Waals surface area contributed by atoms with Gasteiger partial charge in [0.2, 0.25) is 0 Å². The molecule has 1 rings (SSSR count). The maximum Gasteiger partial charge on any atom is 0.164 e. The lowest BCUT2D eigenvalue weighted by molar-refractivity contribution is -0.152. The van der Waals surface area contributed by atoms with Crippen molar-refractivity contribution in [2.75, 3.05) is 6.61 Å². The summed E-state index contributed by atoms with van der Waals surface area (Å²) >= 11 is 0. The van der Waals surface area contributed by atoms with Gasteiger partial charge in [-0.15, -0.1) is 0 Å². The summed E-state index contributed by atoms with van der Waals surface area (Å²) in [4.78, 5) is 10.3. The van der Waals surface area contributed by atoms with E-state index in [4.69, 9.17) is 14.6 Å². The molecule has 1 N–H and O–H groups in total. The van der Waals surface area contributed by atoms with E-state index in [2.05, 4.69) is 0 Å². The van der Waals surface area contributed by atoms with E-state index in [0.717, 1.165) is 0 Å². The van der Waals surface area contributed by atoms with E-state index in [1.165, 1.54) is 0 Å². The van der Waals surface area contributed by atoms with Crippen LogP contribution in [0.15, 0.2) is 0 Å². The first-order chi connectivity index (χ1) is 5.09. The molecule has 0 saturated carbocycles. The zero-order valence-electron chi connectivity index (χ0n) is 6.61. The minimum atomic E-state index is -0.751. The van der Waals surface area contributed by atoms with E-state index >= 15 is 0 Å². The van der Waals surface area contributed by atoms with Gasteiger partial charge in [-0.2, -0.15) is 0 Å². The van der Waals surface area contributed by atoms with Crippen LogP contribution in [-0.2, 0) is 14.3 Å². The quantitative estimate of drug-likeness (QED) is 0.563. The largest absolute Gasteiger partial charge is 0.394 e. The summed E-state index contributed by atoms with van der Waals surface area (Å²) in [5.41, 5.74) is 0. The third-order valence-electron chi connectivity index (χ3n) is 1.54. The first kappa shape index (κ1) is 8.64. The van der Waals surface area contributed by atoms with Gasteiger partial charge in [0, 0.05) is 0 Å². The molecule has 0 aliphatic carbocycles. The molecule has 2 atom stereocenters. The van der Waals surface area contributed by atoms with Crippen molar-refractivity contribution >= 4 is 6.29 Å². The van der Waals surface area contributed by atoms with E-state index in [1.54, 1.807) is 13.8 Å². The Bertz CT molecular complexity index is 155. The van der Waals surface area contributed by atoms with Gasteiger partial charge in [0.15, 0.2) is 12.1 Å². The lowest BCUT2D eigenvalue weighted by atomic mass is 10.2. The smallest absolute Gasteiger partial charge is 0.164 e. The molecule has 0 aromatic rings. The van der Waals surface area contributed by atoms with Crippen LogP contribution < -0.4 is 0 Å². The number of ether oxygens (including phenoxy) is 2. The van der Waals surface area contributed by atoms with Crippen molar-refractivity contribution in [3.05, 3.63) is 0 Å². The fraction of sp³-hybridized carbons (Fsp3) is 0.857. The summed E-state index contributed by atoms with van der Waals surface area (Å²) in [7, 11) is 0. The van der Waals surface area contributed by atoms with Gasteiger partial charge in [-0.1, -0.05) is 0 Å². The van der Waals surface area contributed by atoms with Gasteiger partial charge in [-0.05, 0) is 13.8 Å². The molecule has 4 nitrogen and oxygen atoms in total. The Hall–Kier alpha value is -0.450. The summed E-state index contributed by atoms with van der Waals surface area (Å²) in [6, 6.07) is 0. The summed E-state index contributed by atoms with van der Waals surface area (Å²) in [5.74, 6) is -0.751. The van der Waals surface area contributed by atoms with Crippen LogP contribution in [0.2, 0.25) is 0 Å². The van der Waals surface area contributed by atoms with Crippen molar-refractivity contribution in [2.24, 2.45) is 0 Å². The van der Waals surface area contributed by atoms with E-state index < -0.39 is 18.0 Å². The molecule has 1 saturated heterocycles. The number of aliphatic hydroxyl groups excluding tert-OH is 1. The summed E-state index contributed by atoms with van der Waals surface area (Å²) < 4.78 is 10.3. The second-order valence-electron chi connectivity index (χ2n) is 2.96. The lowest BCUT2D eigenvalue weighted by Crippen LogP contribution is -2.27. The van der Waals surface area contributed by atoms with Gasteiger partial charge >= 0.3 is 0 Å². The van der Waals surface area contributed by atoms with Crippen molar-refractivity contribution in [1.82, 2.24) is 0 Å². The Morgan fingerprint density at radius 3 is 2.55 bits per heavy atom. The standard InChI is InChI=1S/C7H12O4/c1-7(2)10-5(3-8)6(4-9)11-7/h3,5-6,9H,4H2,1-2H3/t5-,6-/m1/s1. The maximum absolute atomic E-state index is 10.3. The van der Waals surface area contributed by atoms with Crippen molar-refractivity contribution in [1.29, 1.82) is 0 Å². The van der Waals surface area contributed by atoms with Gasteiger partial charge < -0.3 is 19.4 Å². The molecule has 0 unspecified atom stereocenters. The van der Waals surface area contributed by atoms with Crippen molar-refractivity contribution in [3.8, 4) is 0 Å². The normalized spacial score (nSPS) is 35.5. The molecule has 0 amide bonds. The molecule has 64 valence electrons. The van der Waals surface area contributed by atoms with Crippen LogP contribution in [0.3, 0.4) is 0 Å². The Labute approximate surface area is 65.1 Å². The second-order valence-corrected chi connectivity index (χ2v) is 2.96. The number of carbonyl (C=O) groups is 1. The van der Waals surface area contributed by atoms with Crippen LogP contribution in [0.1, 0.15) is 13.8 Å². The zero-order valence-corrected chi connectivity index (χ0v) is 6.61. The summed E-state index contributed by atoms with van der Waals surface area (Å²) in [5, 5.41) is 8.74. The van der Waals surface area contributed by atoms with Crippen molar-refractivity contribution < 1.29 is 19.4 Å². The maximum atomic E-state index is 10.3. The first-order valence-corrected chi connectivity index (χ1v) is 3.51. The van der Waals surface area contributed by atoms with Crippen molar-refractivity contribution in [3.63, 3.8) is 0 Å². The monoisotopic (exact) mass is 160 g/mol. The second kappa shape index (κ2) is 2.89. The van der Waals surface area contributed by atoms with E-state index in [0.29, 0.717) is 6.29 Å². The number of aldehydes is 1. The molecule has 1 heterocycles. The number of hydrogen-bond acceptors (Lipinski definition) is 4. The SMILES string of the molecule is CC1(C)O[C@H](C=O)[C@@H](CO)O1. The van der Waals surface area contributed by atoms with Crippen LogP contribution >= 0.6 is 0 Å². The topological polar surface area (TPSA) is 55.8 Å². The Morgan fingerprint density at radius 1 is 1.55 bits per heavy atom. The van der Waals surface area contributed by atoms with Gasteiger partial charge in [0.05, 0.1) is 6.61 Å². The number of rotatable bonds is 2. The number of carbonyl (C=O) groups excluding carboxylic acids is 1. The molecular weight excluding hydrogens is 148 g/mol. The Morgan fingerprint density at radius 2 is 2.18 bits per heavy atom. The predicted octanol–water partition coefficient (Wildman–Crippen LogP) is -0.302. The molecule has 0 bridgehead atoms. The highest BCUT2D eigenvalue weighted by atomic mass is 16.8. The van der Waals surface area contributed by atoms with Gasteiger partial charge in [0.1, 0.15) is 12.2 Å². The third-order valence-corrected chi connectivity index (χ3v) is 1.54. The highest BCUT2D eigenvalue weighted by Crippen LogP contribution is 2.26. The number of aliphatic hydroxyl groups is 1. The lowest BCUT2D eigenvalue weighted by Gasteiger charge is -2.15.